The van der Waals surface area contributed by atoms with Gasteiger partial charge in [-0.1, -0.05) is 6.07 Å². The highest BCUT2D eigenvalue weighted by molar-refractivity contribution is 5.94. The zero-order valence-electron chi connectivity index (χ0n) is 17.0. The van der Waals surface area contributed by atoms with Gasteiger partial charge in [0.2, 0.25) is 0 Å². The first-order valence-corrected chi connectivity index (χ1v) is 10.2. The third-order valence-corrected chi connectivity index (χ3v) is 5.46. The molecule has 30 heavy (non-hydrogen) atoms. The van der Waals surface area contributed by atoms with E-state index in [4.69, 9.17) is 4.74 Å². The first kappa shape index (κ1) is 24.4. The van der Waals surface area contributed by atoms with Crippen LogP contribution in [0.3, 0.4) is 0 Å². The summed E-state index contributed by atoms with van der Waals surface area (Å²) in [4.78, 5) is 19.1. The van der Waals surface area contributed by atoms with Crippen molar-refractivity contribution in [3.8, 4) is 5.75 Å². The number of aromatic nitrogens is 1. The van der Waals surface area contributed by atoms with Crippen molar-refractivity contribution in [3.05, 3.63) is 59.9 Å². The number of halogens is 2. The van der Waals surface area contributed by atoms with E-state index < -0.39 is 0 Å². The third kappa shape index (κ3) is 6.84. The van der Waals surface area contributed by atoms with Gasteiger partial charge in [-0.3, -0.25) is 14.7 Å². The predicted molar refractivity (Wildman–Crippen MR) is 123 cm³/mol. The van der Waals surface area contributed by atoms with Crippen LogP contribution in [0.1, 0.15) is 35.3 Å². The largest absolute Gasteiger partial charge is 0.490 e. The van der Waals surface area contributed by atoms with Crippen molar-refractivity contribution in [2.75, 3.05) is 26.2 Å². The van der Waals surface area contributed by atoms with E-state index in [1.54, 1.807) is 0 Å². The third-order valence-electron chi connectivity index (χ3n) is 5.46. The lowest BCUT2D eigenvalue weighted by atomic mass is 10.1. The van der Waals surface area contributed by atoms with Crippen LogP contribution in [0.4, 0.5) is 0 Å². The van der Waals surface area contributed by atoms with Gasteiger partial charge in [0, 0.05) is 44.0 Å². The fraction of sp³-hybridized carbons (Fsp3) is 0.455. The van der Waals surface area contributed by atoms with Crippen molar-refractivity contribution in [1.29, 1.82) is 0 Å². The number of hydrogen-bond acceptors (Lipinski definition) is 5. The van der Waals surface area contributed by atoms with Crippen molar-refractivity contribution >= 4 is 30.7 Å². The van der Waals surface area contributed by atoms with E-state index in [1.807, 2.05) is 42.6 Å². The minimum Gasteiger partial charge on any atom is -0.490 e. The molecule has 0 radical (unpaired) electrons. The summed E-state index contributed by atoms with van der Waals surface area (Å²) < 4.78 is 6.14. The average Bonchev–Trinajstić information content (AvgIpc) is 3.24. The van der Waals surface area contributed by atoms with E-state index in [2.05, 4.69) is 26.6 Å². The minimum atomic E-state index is -0.0110. The van der Waals surface area contributed by atoms with Gasteiger partial charge < -0.3 is 15.4 Å². The number of ether oxygens (including phenoxy) is 1. The normalized spacial score (nSPS) is 19.4. The van der Waals surface area contributed by atoms with E-state index in [9.17, 15) is 4.79 Å². The van der Waals surface area contributed by atoms with Crippen LogP contribution in [0.2, 0.25) is 0 Å². The fourth-order valence-electron chi connectivity index (χ4n) is 3.83. The Morgan fingerprint density at radius 2 is 1.87 bits per heavy atom. The number of carbonyl (C=O) groups is 1. The van der Waals surface area contributed by atoms with Crippen LogP contribution in [0.15, 0.2) is 48.7 Å². The highest BCUT2D eigenvalue weighted by atomic mass is 35.5. The summed E-state index contributed by atoms with van der Waals surface area (Å²) in [5.41, 5.74) is 1.80. The maximum atomic E-state index is 12.3. The van der Waals surface area contributed by atoms with Crippen LogP contribution < -0.4 is 15.4 Å². The van der Waals surface area contributed by atoms with E-state index in [0.29, 0.717) is 5.56 Å². The van der Waals surface area contributed by atoms with Crippen molar-refractivity contribution in [2.45, 2.75) is 38.0 Å². The minimum absolute atomic E-state index is 0. The van der Waals surface area contributed by atoms with Crippen molar-refractivity contribution in [3.63, 3.8) is 0 Å². The fourth-order valence-corrected chi connectivity index (χ4v) is 3.83. The summed E-state index contributed by atoms with van der Waals surface area (Å²) in [6, 6.07) is 13.8. The predicted octanol–water partition coefficient (Wildman–Crippen LogP) is 3.06. The number of nitrogens with one attached hydrogen (secondary N) is 2. The molecule has 0 spiro atoms. The Morgan fingerprint density at radius 1 is 1.10 bits per heavy atom. The number of piperidine rings is 1. The smallest absolute Gasteiger partial charge is 0.251 e. The molecule has 8 heteroatoms. The Hall–Kier alpha value is -1.86. The van der Waals surface area contributed by atoms with Crippen LogP contribution in [0.5, 0.6) is 5.75 Å². The SMILES string of the molecule is Cl.Cl.O=C(N[C@@H]1CCNC1)c1ccc(OC2CCN(Cc3ccccn3)CC2)cc1. The van der Waals surface area contributed by atoms with E-state index >= 15 is 0 Å². The van der Waals surface area contributed by atoms with Crippen molar-refractivity contribution < 1.29 is 9.53 Å². The lowest BCUT2D eigenvalue weighted by Gasteiger charge is -2.31. The van der Waals surface area contributed by atoms with Crippen LogP contribution in [0, 0.1) is 0 Å². The highest BCUT2D eigenvalue weighted by Gasteiger charge is 2.21. The summed E-state index contributed by atoms with van der Waals surface area (Å²) in [7, 11) is 0. The molecule has 0 aliphatic carbocycles. The molecular weight excluding hydrogens is 423 g/mol. The van der Waals surface area contributed by atoms with Gasteiger partial charge in [0.25, 0.3) is 5.91 Å². The molecule has 4 rings (SSSR count). The Balaban J connectivity index is 0.00000160. The molecule has 1 aromatic carbocycles. The molecule has 0 unspecified atom stereocenters. The molecule has 1 aromatic heterocycles. The van der Waals surface area contributed by atoms with Gasteiger partial charge >= 0.3 is 0 Å². The van der Waals surface area contributed by atoms with E-state index in [0.717, 1.165) is 63.4 Å². The van der Waals surface area contributed by atoms with Gasteiger partial charge in [-0.25, -0.2) is 0 Å². The molecule has 2 aliphatic heterocycles. The lowest BCUT2D eigenvalue weighted by Crippen LogP contribution is -2.38. The molecule has 1 atom stereocenters. The number of nitrogens with zero attached hydrogens (tertiary/aromatic N) is 2. The lowest BCUT2D eigenvalue weighted by molar-refractivity contribution is 0.0938. The zero-order valence-corrected chi connectivity index (χ0v) is 18.6. The van der Waals surface area contributed by atoms with Gasteiger partial charge in [0.15, 0.2) is 0 Å². The van der Waals surface area contributed by atoms with Crippen LogP contribution in [-0.2, 0) is 6.54 Å². The number of amides is 1. The molecule has 164 valence electrons. The maximum Gasteiger partial charge on any atom is 0.251 e. The van der Waals surface area contributed by atoms with E-state index in [-0.39, 0.29) is 42.9 Å². The second-order valence-corrected chi connectivity index (χ2v) is 7.60. The Bertz CT molecular complexity index is 762. The molecule has 0 bridgehead atoms. The van der Waals surface area contributed by atoms with Crippen LogP contribution in [-0.4, -0.2) is 54.1 Å². The Labute approximate surface area is 190 Å². The molecular formula is C22H30Cl2N4O2. The standard InChI is InChI=1S/C22H28N4O2.2ClH/c27-22(25-18-8-12-23-15-18)17-4-6-20(7-5-17)28-21-9-13-26(14-10-21)16-19-3-1-2-11-24-19;;/h1-7,11,18,21,23H,8-10,12-16H2,(H,25,27);2*1H/t18-;;/m1../s1. The number of benzene rings is 1. The second kappa shape index (κ2) is 12.1. The highest BCUT2D eigenvalue weighted by Crippen LogP contribution is 2.20. The molecule has 3 heterocycles. The van der Waals surface area contributed by atoms with Crippen LogP contribution in [0.25, 0.3) is 0 Å². The first-order chi connectivity index (χ1) is 13.8. The molecule has 1 amide bonds. The zero-order chi connectivity index (χ0) is 19.2. The number of hydrogen-bond donors (Lipinski definition) is 2. The Morgan fingerprint density at radius 3 is 2.50 bits per heavy atom. The van der Waals surface area contributed by atoms with Gasteiger partial charge in [-0.15, -0.1) is 24.8 Å². The molecule has 2 fully saturated rings. The number of carbonyl (C=O) groups excluding carboxylic acids is 1. The molecule has 0 saturated carbocycles. The molecule has 6 nitrogen and oxygen atoms in total. The quantitative estimate of drug-likeness (QED) is 0.704. The summed E-state index contributed by atoms with van der Waals surface area (Å²) in [6.45, 7) is 4.74. The first-order valence-electron chi connectivity index (χ1n) is 10.2. The molecule has 2 aromatic rings. The molecule has 2 N–H and O–H groups in total. The average molecular weight is 453 g/mol. The van der Waals surface area contributed by atoms with Gasteiger partial charge in [-0.05, 0) is 62.2 Å². The summed E-state index contributed by atoms with van der Waals surface area (Å²) in [5.74, 6) is 0.824. The summed E-state index contributed by atoms with van der Waals surface area (Å²) in [6.07, 6.45) is 5.07. The number of pyridine rings is 1. The van der Waals surface area contributed by atoms with Gasteiger partial charge in [-0.2, -0.15) is 0 Å². The van der Waals surface area contributed by atoms with Gasteiger partial charge in [0.1, 0.15) is 11.9 Å². The Kier molecular flexibility index (Phi) is 9.85. The van der Waals surface area contributed by atoms with Crippen molar-refractivity contribution in [2.24, 2.45) is 0 Å². The van der Waals surface area contributed by atoms with Crippen molar-refractivity contribution in [1.82, 2.24) is 20.5 Å². The maximum absolute atomic E-state index is 12.3. The number of likely N-dealkylation sites (tertiary alicyclic amines) is 1. The summed E-state index contributed by atoms with van der Waals surface area (Å²) >= 11 is 0. The summed E-state index contributed by atoms with van der Waals surface area (Å²) in [5, 5.41) is 6.33. The van der Waals surface area contributed by atoms with Crippen LogP contribution >= 0.6 is 24.8 Å². The molecule has 2 saturated heterocycles. The second-order valence-electron chi connectivity index (χ2n) is 7.60. The number of rotatable bonds is 6. The van der Waals surface area contributed by atoms with Gasteiger partial charge in [0.05, 0.1) is 5.69 Å². The molecule has 2 aliphatic rings. The topological polar surface area (TPSA) is 66.5 Å². The monoisotopic (exact) mass is 452 g/mol. The van der Waals surface area contributed by atoms with E-state index in [1.165, 1.54) is 0 Å².